The van der Waals surface area contributed by atoms with Crippen LogP contribution in [0.3, 0.4) is 0 Å². The highest BCUT2D eigenvalue weighted by atomic mass is 14.9. The molecule has 4 nitrogen and oxygen atoms in total. The van der Waals surface area contributed by atoms with Crippen LogP contribution >= 0.6 is 0 Å². The molecule has 270 valence electrons. The first kappa shape index (κ1) is 34.5. The van der Waals surface area contributed by atoms with E-state index in [4.69, 9.17) is 9.97 Å². The Morgan fingerprint density at radius 3 is 1.52 bits per heavy atom. The number of para-hydroxylation sites is 1. The number of nitrogens with zero attached hydrogens (tertiary/aromatic N) is 4. The Hall–Kier alpha value is -8.00. The van der Waals surface area contributed by atoms with Crippen molar-refractivity contribution in [3.8, 4) is 84.5 Å². The van der Waals surface area contributed by atoms with Crippen molar-refractivity contribution in [3.05, 3.63) is 212 Å². The molecule has 58 heavy (non-hydrogen) atoms. The molecule has 4 heteroatoms. The molecule has 0 fully saturated rings. The maximum Gasteiger partial charge on any atom is 0.160 e. The fourth-order valence-electron chi connectivity index (χ4n) is 7.71. The van der Waals surface area contributed by atoms with Gasteiger partial charge in [0.2, 0.25) is 0 Å². The van der Waals surface area contributed by atoms with Crippen molar-refractivity contribution in [1.29, 1.82) is 5.26 Å². The molecule has 0 saturated heterocycles. The second kappa shape index (κ2) is 14.9. The van der Waals surface area contributed by atoms with Crippen molar-refractivity contribution >= 4 is 21.7 Å². The van der Waals surface area contributed by atoms with Crippen LogP contribution in [0.15, 0.2) is 206 Å². The standard InChI is InChI=1S/C54H34N4/c55-35-36-29-47(38-16-22-40(23-17-38)50-15-7-13-43-14-8-28-56-53(43)50)33-48(30-36)46-27-21-39-20-26-45(31-49(39)32-46)37-18-24-44(25-19-37)54-57-51(41-9-3-1-4-10-41)34-52(58-54)42-11-5-2-6-12-42/h1-34H. The van der Waals surface area contributed by atoms with E-state index < -0.39 is 0 Å². The van der Waals surface area contributed by atoms with Gasteiger partial charge in [0.05, 0.1) is 28.5 Å². The number of aromatic nitrogens is 3. The Kier molecular flexibility index (Phi) is 8.87. The van der Waals surface area contributed by atoms with Gasteiger partial charge in [-0.2, -0.15) is 5.26 Å². The topological polar surface area (TPSA) is 62.5 Å². The average molecular weight is 739 g/mol. The summed E-state index contributed by atoms with van der Waals surface area (Å²) in [5, 5.41) is 13.5. The number of pyridine rings is 1. The fraction of sp³-hybridized carbons (Fsp3) is 0. The highest BCUT2D eigenvalue weighted by Crippen LogP contribution is 2.35. The summed E-state index contributed by atoms with van der Waals surface area (Å²) >= 11 is 0. The minimum atomic E-state index is 0.623. The second-order valence-corrected chi connectivity index (χ2v) is 14.4. The molecule has 2 heterocycles. The van der Waals surface area contributed by atoms with Crippen molar-refractivity contribution in [2.24, 2.45) is 0 Å². The lowest BCUT2D eigenvalue weighted by molar-refractivity contribution is 1.18. The second-order valence-electron chi connectivity index (χ2n) is 14.4. The number of benzene rings is 8. The van der Waals surface area contributed by atoms with E-state index in [1.165, 1.54) is 0 Å². The molecule has 0 spiro atoms. The summed E-state index contributed by atoms with van der Waals surface area (Å²) in [6.45, 7) is 0. The van der Waals surface area contributed by atoms with Gasteiger partial charge in [0.15, 0.2) is 5.82 Å². The smallest absolute Gasteiger partial charge is 0.160 e. The van der Waals surface area contributed by atoms with Gasteiger partial charge in [-0.15, -0.1) is 0 Å². The van der Waals surface area contributed by atoms with E-state index in [9.17, 15) is 5.26 Å². The van der Waals surface area contributed by atoms with Gasteiger partial charge in [-0.25, -0.2) is 9.97 Å². The normalized spacial score (nSPS) is 11.1. The Balaban J connectivity index is 0.956. The van der Waals surface area contributed by atoms with E-state index in [1.807, 2.05) is 60.8 Å². The predicted octanol–water partition coefficient (Wildman–Crippen LogP) is 13.7. The van der Waals surface area contributed by atoms with Gasteiger partial charge in [0, 0.05) is 33.8 Å². The molecule has 8 aromatic carbocycles. The Morgan fingerprint density at radius 2 is 0.879 bits per heavy atom. The van der Waals surface area contributed by atoms with E-state index in [0.29, 0.717) is 11.4 Å². The van der Waals surface area contributed by atoms with Crippen LogP contribution in [0.2, 0.25) is 0 Å². The van der Waals surface area contributed by atoms with Crippen LogP contribution in [-0.2, 0) is 0 Å². The summed E-state index contributed by atoms with van der Waals surface area (Å²) in [5.74, 6) is 0.687. The van der Waals surface area contributed by atoms with Gasteiger partial charge in [-0.05, 0) is 92.2 Å². The van der Waals surface area contributed by atoms with Crippen molar-refractivity contribution < 1.29 is 0 Å². The van der Waals surface area contributed by atoms with Gasteiger partial charge in [-0.3, -0.25) is 4.98 Å². The highest BCUT2D eigenvalue weighted by molar-refractivity contribution is 5.94. The lowest BCUT2D eigenvalue weighted by atomic mass is 9.93. The molecular weight excluding hydrogens is 705 g/mol. The van der Waals surface area contributed by atoms with Crippen LogP contribution in [0.25, 0.3) is 100 Å². The summed E-state index contributed by atoms with van der Waals surface area (Å²) in [4.78, 5) is 14.7. The number of hydrogen-bond acceptors (Lipinski definition) is 4. The molecule has 0 aliphatic rings. The molecule has 0 bridgehead atoms. The Labute approximate surface area is 337 Å². The lowest BCUT2D eigenvalue weighted by Crippen LogP contribution is -1.95. The quantitative estimate of drug-likeness (QED) is 0.163. The van der Waals surface area contributed by atoms with E-state index in [2.05, 4.69) is 157 Å². The molecule has 0 saturated carbocycles. The third kappa shape index (κ3) is 6.79. The van der Waals surface area contributed by atoms with E-state index in [-0.39, 0.29) is 0 Å². The first-order valence-electron chi connectivity index (χ1n) is 19.3. The van der Waals surface area contributed by atoms with Gasteiger partial charge >= 0.3 is 0 Å². The molecule has 0 amide bonds. The number of fused-ring (bicyclic) bond motifs is 2. The zero-order valence-electron chi connectivity index (χ0n) is 31.4. The molecule has 0 N–H and O–H groups in total. The summed E-state index contributed by atoms with van der Waals surface area (Å²) < 4.78 is 0. The third-order valence-corrected chi connectivity index (χ3v) is 10.7. The number of hydrogen-bond donors (Lipinski definition) is 0. The molecule has 0 atom stereocenters. The first-order chi connectivity index (χ1) is 28.6. The first-order valence-corrected chi connectivity index (χ1v) is 19.3. The van der Waals surface area contributed by atoms with Crippen molar-refractivity contribution in [2.75, 3.05) is 0 Å². The van der Waals surface area contributed by atoms with Crippen LogP contribution in [0.4, 0.5) is 0 Å². The minimum absolute atomic E-state index is 0.623. The maximum absolute atomic E-state index is 10.1. The van der Waals surface area contributed by atoms with Gasteiger partial charge in [0.25, 0.3) is 0 Å². The summed E-state index contributed by atoms with van der Waals surface area (Å²) in [6.07, 6.45) is 1.84. The van der Waals surface area contributed by atoms with Crippen LogP contribution in [-0.4, -0.2) is 15.0 Å². The van der Waals surface area contributed by atoms with Crippen molar-refractivity contribution in [2.45, 2.75) is 0 Å². The zero-order valence-corrected chi connectivity index (χ0v) is 31.4. The largest absolute Gasteiger partial charge is 0.256 e. The Bertz CT molecular complexity index is 3090. The van der Waals surface area contributed by atoms with Crippen LogP contribution in [0, 0.1) is 11.3 Å². The monoisotopic (exact) mass is 738 g/mol. The fourth-order valence-corrected chi connectivity index (χ4v) is 7.71. The van der Waals surface area contributed by atoms with E-state index in [0.717, 1.165) is 94.3 Å². The summed E-state index contributed by atoms with van der Waals surface area (Å²) in [6, 6.07) is 71.5. The van der Waals surface area contributed by atoms with Crippen molar-refractivity contribution in [3.63, 3.8) is 0 Å². The molecule has 0 unspecified atom stereocenters. The molecule has 0 aliphatic carbocycles. The van der Waals surface area contributed by atoms with Crippen LogP contribution in [0.5, 0.6) is 0 Å². The van der Waals surface area contributed by atoms with Crippen LogP contribution < -0.4 is 0 Å². The summed E-state index contributed by atoms with van der Waals surface area (Å²) in [7, 11) is 0. The molecule has 10 aromatic rings. The lowest BCUT2D eigenvalue weighted by Gasteiger charge is -2.11. The molecule has 0 radical (unpaired) electrons. The molecule has 10 rings (SSSR count). The van der Waals surface area contributed by atoms with Gasteiger partial charge in [0.1, 0.15) is 0 Å². The maximum atomic E-state index is 10.1. The van der Waals surface area contributed by atoms with E-state index >= 15 is 0 Å². The predicted molar refractivity (Wildman–Crippen MR) is 238 cm³/mol. The van der Waals surface area contributed by atoms with Crippen molar-refractivity contribution in [1.82, 2.24) is 15.0 Å². The number of nitriles is 1. The highest BCUT2D eigenvalue weighted by Gasteiger charge is 2.13. The third-order valence-electron chi connectivity index (χ3n) is 10.7. The molecule has 2 aromatic heterocycles. The molecule has 0 aliphatic heterocycles. The van der Waals surface area contributed by atoms with Gasteiger partial charge in [-0.1, -0.05) is 158 Å². The Morgan fingerprint density at radius 1 is 0.345 bits per heavy atom. The minimum Gasteiger partial charge on any atom is -0.256 e. The zero-order chi connectivity index (χ0) is 38.8. The summed E-state index contributed by atoms with van der Waals surface area (Å²) in [5.41, 5.74) is 15.0. The average Bonchev–Trinajstić information content (AvgIpc) is 3.31. The van der Waals surface area contributed by atoms with Gasteiger partial charge < -0.3 is 0 Å². The van der Waals surface area contributed by atoms with Crippen LogP contribution in [0.1, 0.15) is 5.56 Å². The SMILES string of the molecule is N#Cc1cc(-c2ccc(-c3cccc4cccnc34)cc2)cc(-c2ccc3ccc(-c4ccc(-c5nc(-c6ccccc6)cc(-c6ccccc6)n5)cc4)cc3c2)c1. The number of rotatable bonds is 7. The molecular formula is C54H34N4. The van der Waals surface area contributed by atoms with E-state index in [1.54, 1.807) is 0 Å².